The number of aryl methyl sites for hydroxylation is 2. The molecule has 1 saturated carbocycles. The first-order valence-corrected chi connectivity index (χ1v) is 15.8. The van der Waals surface area contributed by atoms with Crippen molar-refractivity contribution in [2.45, 2.75) is 64.6 Å². The van der Waals surface area contributed by atoms with Gasteiger partial charge in [0, 0.05) is 19.0 Å². The summed E-state index contributed by atoms with van der Waals surface area (Å²) in [6, 6.07) is 19.7. The topological polar surface area (TPSA) is 86.8 Å². The van der Waals surface area contributed by atoms with E-state index >= 15 is 0 Å². The predicted octanol–water partition coefficient (Wildman–Crippen LogP) is 4.91. The monoisotopic (exact) mass is 579 g/mol. The van der Waals surface area contributed by atoms with Gasteiger partial charge in [-0.1, -0.05) is 61.4 Å². The highest BCUT2D eigenvalue weighted by Crippen LogP contribution is 2.24. The van der Waals surface area contributed by atoms with Gasteiger partial charge in [-0.15, -0.1) is 0 Å². The molecule has 0 bridgehead atoms. The highest BCUT2D eigenvalue weighted by Gasteiger charge is 2.34. The highest BCUT2D eigenvalue weighted by molar-refractivity contribution is 7.92. The molecule has 1 aliphatic rings. The van der Waals surface area contributed by atoms with Crippen LogP contribution in [0.2, 0.25) is 0 Å². The smallest absolute Gasteiger partial charge is 0.244 e. The van der Waals surface area contributed by atoms with Gasteiger partial charge in [0.1, 0.15) is 18.4 Å². The minimum Gasteiger partial charge on any atom is -0.352 e. The van der Waals surface area contributed by atoms with Crippen LogP contribution in [0.25, 0.3) is 0 Å². The largest absolute Gasteiger partial charge is 0.352 e. The first-order valence-electron chi connectivity index (χ1n) is 13.9. The molecule has 0 aromatic heterocycles. The molecule has 3 aromatic carbocycles. The van der Waals surface area contributed by atoms with Crippen LogP contribution in [0.15, 0.2) is 72.8 Å². The van der Waals surface area contributed by atoms with Gasteiger partial charge in [0.25, 0.3) is 0 Å². The molecule has 218 valence electrons. The number of hydrogen-bond donors (Lipinski definition) is 1. The summed E-state index contributed by atoms with van der Waals surface area (Å²) >= 11 is 0. The lowest BCUT2D eigenvalue weighted by Gasteiger charge is -2.34. The van der Waals surface area contributed by atoms with Gasteiger partial charge in [-0.3, -0.25) is 13.9 Å². The van der Waals surface area contributed by atoms with Gasteiger partial charge in [-0.25, -0.2) is 12.8 Å². The average molecular weight is 580 g/mol. The summed E-state index contributed by atoms with van der Waals surface area (Å²) in [4.78, 5) is 29.4. The van der Waals surface area contributed by atoms with Crippen LogP contribution in [0.3, 0.4) is 0 Å². The van der Waals surface area contributed by atoms with E-state index in [1.807, 2.05) is 50.2 Å². The standard InChI is InChI=1S/C32H38FN3O4S/c1-23-17-24(2)19-29(18-23)36(41(3,39)40)22-31(37)35(21-26-13-15-27(33)16-14-26)30(20-25-9-5-4-6-10-25)32(38)34-28-11-7-8-12-28/h4-6,9-10,13-19,28,30H,7-8,11-12,20-22H2,1-3H3,(H,34,38). The molecule has 3 aromatic rings. The zero-order chi connectivity index (χ0) is 29.6. The van der Waals surface area contributed by atoms with E-state index in [1.54, 1.807) is 24.3 Å². The SMILES string of the molecule is Cc1cc(C)cc(N(CC(=O)N(Cc2ccc(F)cc2)C(Cc2ccccc2)C(=O)NC2CCCC2)S(C)(=O)=O)c1. The zero-order valence-corrected chi connectivity index (χ0v) is 24.7. The molecule has 2 amide bonds. The fourth-order valence-corrected chi connectivity index (χ4v) is 6.25. The minimum atomic E-state index is -3.85. The van der Waals surface area contributed by atoms with Gasteiger partial charge in [-0.05, 0) is 73.2 Å². The first-order chi connectivity index (χ1) is 19.5. The lowest BCUT2D eigenvalue weighted by atomic mass is 10.0. The number of nitrogens with zero attached hydrogens (tertiary/aromatic N) is 2. The Morgan fingerprint density at radius 3 is 2.12 bits per heavy atom. The molecular weight excluding hydrogens is 541 g/mol. The van der Waals surface area contributed by atoms with E-state index in [4.69, 9.17) is 0 Å². The molecule has 1 fully saturated rings. The second kappa shape index (κ2) is 13.3. The lowest BCUT2D eigenvalue weighted by molar-refractivity contribution is -0.140. The second-order valence-electron chi connectivity index (χ2n) is 11.0. The van der Waals surface area contributed by atoms with Crippen molar-refractivity contribution in [3.05, 3.63) is 101 Å². The van der Waals surface area contributed by atoms with E-state index in [1.165, 1.54) is 17.0 Å². The summed E-state index contributed by atoms with van der Waals surface area (Å²) in [7, 11) is -3.85. The van der Waals surface area contributed by atoms with Crippen LogP contribution >= 0.6 is 0 Å². The van der Waals surface area contributed by atoms with Crippen LogP contribution in [-0.2, 0) is 32.6 Å². The number of rotatable bonds is 11. The fourth-order valence-electron chi connectivity index (χ4n) is 5.42. The quantitative estimate of drug-likeness (QED) is 0.350. The maximum absolute atomic E-state index is 14.2. The van der Waals surface area contributed by atoms with Crippen LogP contribution < -0.4 is 9.62 Å². The van der Waals surface area contributed by atoms with Crippen molar-refractivity contribution >= 4 is 27.5 Å². The van der Waals surface area contributed by atoms with Crippen LogP contribution in [-0.4, -0.2) is 50.0 Å². The summed E-state index contributed by atoms with van der Waals surface area (Å²) < 4.78 is 40.7. The Hall–Kier alpha value is -3.72. The molecule has 0 saturated heterocycles. The van der Waals surface area contributed by atoms with Gasteiger partial charge in [0.2, 0.25) is 21.8 Å². The fraction of sp³-hybridized carbons (Fsp3) is 0.375. The van der Waals surface area contributed by atoms with Crippen LogP contribution in [0.1, 0.15) is 47.9 Å². The highest BCUT2D eigenvalue weighted by atomic mass is 32.2. The zero-order valence-electron chi connectivity index (χ0n) is 23.8. The molecule has 0 aliphatic heterocycles. The van der Waals surface area contributed by atoms with Crippen molar-refractivity contribution in [3.8, 4) is 0 Å². The second-order valence-corrected chi connectivity index (χ2v) is 12.9. The number of carbonyl (C=O) groups is 2. The van der Waals surface area contributed by atoms with Gasteiger partial charge in [0.15, 0.2) is 0 Å². The molecule has 7 nitrogen and oxygen atoms in total. The molecule has 1 aliphatic carbocycles. The van der Waals surface area contributed by atoms with Gasteiger partial charge >= 0.3 is 0 Å². The molecule has 4 rings (SSSR count). The summed E-state index contributed by atoms with van der Waals surface area (Å²) in [5.74, 6) is -1.22. The molecule has 0 radical (unpaired) electrons. The Morgan fingerprint density at radius 1 is 0.927 bits per heavy atom. The van der Waals surface area contributed by atoms with Gasteiger partial charge in [-0.2, -0.15) is 0 Å². The molecule has 9 heteroatoms. The van der Waals surface area contributed by atoms with E-state index in [0.29, 0.717) is 11.3 Å². The maximum atomic E-state index is 14.2. The number of nitrogens with one attached hydrogen (secondary N) is 1. The first kappa shape index (κ1) is 30.2. The molecule has 0 spiro atoms. The van der Waals surface area contributed by atoms with Crippen LogP contribution in [0.5, 0.6) is 0 Å². The molecule has 1 N–H and O–H groups in total. The van der Waals surface area contributed by atoms with Crippen molar-refractivity contribution in [2.24, 2.45) is 0 Å². The molecule has 1 atom stereocenters. The summed E-state index contributed by atoms with van der Waals surface area (Å²) in [6.45, 7) is 3.26. The Labute approximate surface area is 242 Å². The number of benzene rings is 3. The third kappa shape index (κ3) is 8.39. The van der Waals surface area contributed by atoms with E-state index < -0.39 is 34.3 Å². The number of carbonyl (C=O) groups excluding carboxylic acids is 2. The maximum Gasteiger partial charge on any atom is 0.244 e. The molecule has 1 unspecified atom stereocenters. The van der Waals surface area contributed by atoms with E-state index in [0.717, 1.165) is 52.9 Å². The Morgan fingerprint density at radius 2 is 1.54 bits per heavy atom. The van der Waals surface area contributed by atoms with Crippen LogP contribution in [0, 0.1) is 19.7 Å². The number of amides is 2. The number of halogens is 1. The number of hydrogen-bond acceptors (Lipinski definition) is 4. The van der Waals surface area contributed by atoms with Crippen molar-refractivity contribution < 1.29 is 22.4 Å². The average Bonchev–Trinajstić information content (AvgIpc) is 3.42. The van der Waals surface area contributed by atoms with Crippen molar-refractivity contribution in [1.82, 2.24) is 10.2 Å². The molecule has 41 heavy (non-hydrogen) atoms. The van der Waals surface area contributed by atoms with E-state index in [-0.39, 0.29) is 24.9 Å². The third-order valence-electron chi connectivity index (χ3n) is 7.41. The van der Waals surface area contributed by atoms with Crippen LogP contribution in [0.4, 0.5) is 10.1 Å². The van der Waals surface area contributed by atoms with Gasteiger partial charge < -0.3 is 10.2 Å². The Kier molecular flexibility index (Phi) is 9.81. The van der Waals surface area contributed by atoms with Crippen molar-refractivity contribution in [3.63, 3.8) is 0 Å². The summed E-state index contributed by atoms with van der Waals surface area (Å²) in [6.07, 6.45) is 5.14. The Balaban J connectivity index is 1.73. The van der Waals surface area contributed by atoms with Crippen molar-refractivity contribution in [2.75, 3.05) is 17.1 Å². The number of sulfonamides is 1. The predicted molar refractivity (Wildman–Crippen MR) is 159 cm³/mol. The summed E-state index contributed by atoms with van der Waals surface area (Å²) in [5.41, 5.74) is 3.61. The summed E-state index contributed by atoms with van der Waals surface area (Å²) in [5, 5.41) is 3.13. The Bertz CT molecular complexity index is 1440. The lowest BCUT2D eigenvalue weighted by Crippen LogP contribution is -2.54. The normalized spacial score (nSPS) is 14.4. The van der Waals surface area contributed by atoms with E-state index in [9.17, 15) is 22.4 Å². The van der Waals surface area contributed by atoms with E-state index in [2.05, 4.69) is 5.32 Å². The number of anilines is 1. The molecular formula is C32H38FN3O4S. The van der Waals surface area contributed by atoms with Gasteiger partial charge in [0.05, 0.1) is 11.9 Å². The third-order valence-corrected chi connectivity index (χ3v) is 8.55. The molecule has 0 heterocycles. The van der Waals surface area contributed by atoms with Crippen molar-refractivity contribution in [1.29, 1.82) is 0 Å². The minimum absolute atomic E-state index is 0.0130.